The molecule has 114 valence electrons. The van der Waals surface area contributed by atoms with Gasteiger partial charge in [0.2, 0.25) is 0 Å². The lowest BCUT2D eigenvalue weighted by Crippen LogP contribution is -2.47. The van der Waals surface area contributed by atoms with Gasteiger partial charge in [0, 0.05) is 13.0 Å². The van der Waals surface area contributed by atoms with E-state index in [9.17, 15) is 4.79 Å². The maximum atomic E-state index is 12.5. The third kappa shape index (κ3) is 2.71. The standard InChI is InChI=1S/C19H21NO2/c1-15(16-9-5-3-6-10-16)20-14-13-19(2,22-18(20)21)17-11-7-4-8-12-17/h3-12,15H,13-14H2,1-2H3/t15-,19?/m0/s1. The predicted octanol–water partition coefficient (Wildman–Crippen LogP) is 4.51. The highest BCUT2D eigenvalue weighted by molar-refractivity contribution is 5.70. The fourth-order valence-electron chi connectivity index (χ4n) is 2.98. The molecule has 0 radical (unpaired) electrons. The highest BCUT2D eigenvalue weighted by Gasteiger charge is 2.39. The molecule has 1 unspecified atom stereocenters. The van der Waals surface area contributed by atoms with Gasteiger partial charge in [0.05, 0.1) is 6.04 Å². The molecule has 0 N–H and O–H groups in total. The van der Waals surface area contributed by atoms with Crippen molar-refractivity contribution in [1.82, 2.24) is 4.90 Å². The molecule has 1 saturated heterocycles. The van der Waals surface area contributed by atoms with Gasteiger partial charge in [0.1, 0.15) is 5.60 Å². The second kappa shape index (κ2) is 5.84. The van der Waals surface area contributed by atoms with Crippen molar-refractivity contribution in [2.45, 2.75) is 31.9 Å². The normalized spacial score (nSPS) is 23.0. The first-order chi connectivity index (χ1) is 10.6. The van der Waals surface area contributed by atoms with Crippen LogP contribution in [-0.2, 0) is 10.3 Å². The molecule has 2 atom stereocenters. The molecule has 1 amide bonds. The molecule has 3 nitrogen and oxygen atoms in total. The van der Waals surface area contributed by atoms with Crippen LogP contribution in [-0.4, -0.2) is 17.5 Å². The lowest BCUT2D eigenvalue weighted by molar-refractivity contribution is -0.0491. The van der Waals surface area contributed by atoms with Gasteiger partial charge in [-0.2, -0.15) is 0 Å². The van der Waals surface area contributed by atoms with Crippen molar-refractivity contribution in [2.24, 2.45) is 0 Å². The number of amides is 1. The van der Waals surface area contributed by atoms with E-state index in [4.69, 9.17) is 4.74 Å². The lowest BCUT2D eigenvalue weighted by Gasteiger charge is -2.41. The SMILES string of the molecule is C[C@@H](c1ccccc1)N1CCC(C)(c2ccccc2)OC1=O. The quantitative estimate of drug-likeness (QED) is 0.834. The van der Waals surface area contributed by atoms with Crippen LogP contribution >= 0.6 is 0 Å². The van der Waals surface area contributed by atoms with Crippen molar-refractivity contribution in [3.05, 3.63) is 71.8 Å². The zero-order chi connectivity index (χ0) is 15.6. The van der Waals surface area contributed by atoms with Gasteiger partial charge in [-0.1, -0.05) is 60.7 Å². The fraction of sp³-hybridized carbons (Fsp3) is 0.316. The molecule has 2 aromatic carbocycles. The summed E-state index contributed by atoms with van der Waals surface area (Å²) >= 11 is 0. The number of hydrogen-bond acceptors (Lipinski definition) is 2. The monoisotopic (exact) mass is 295 g/mol. The van der Waals surface area contributed by atoms with Crippen LogP contribution in [0.25, 0.3) is 0 Å². The molecular formula is C19H21NO2. The number of benzene rings is 2. The van der Waals surface area contributed by atoms with Gasteiger partial charge >= 0.3 is 6.09 Å². The Morgan fingerprint density at radius 1 is 1.05 bits per heavy atom. The second-order valence-electron chi connectivity index (χ2n) is 5.99. The molecule has 22 heavy (non-hydrogen) atoms. The molecule has 0 aromatic heterocycles. The molecule has 2 aromatic rings. The van der Waals surface area contributed by atoms with E-state index in [1.165, 1.54) is 0 Å². The molecule has 0 saturated carbocycles. The topological polar surface area (TPSA) is 29.5 Å². The first-order valence-corrected chi connectivity index (χ1v) is 7.70. The van der Waals surface area contributed by atoms with E-state index in [1.54, 1.807) is 4.90 Å². The van der Waals surface area contributed by atoms with Gasteiger partial charge in [-0.3, -0.25) is 0 Å². The lowest BCUT2D eigenvalue weighted by atomic mass is 9.90. The van der Waals surface area contributed by atoms with E-state index < -0.39 is 5.60 Å². The highest BCUT2D eigenvalue weighted by Crippen LogP contribution is 2.36. The van der Waals surface area contributed by atoms with Crippen molar-refractivity contribution < 1.29 is 9.53 Å². The third-order valence-electron chi connectivity index (χ3n) is 4.51. The maximum Gasteiger partial charge on any atom is 0.411 e. The largest absolute Gasteiger partial charge is 0.438 e. The summed E-state index contributed by atoms with van der Waals surface area (Å²) < 4.78 is 5.80. The minimum atomic E-state index is -0.536. The average Bonchev–Trinajstić information content (AvgIpc) is 2.56. The minimum Gasteiger partial charge on any atom is -0.438 e. The Morgan fingerprint density at radius 2 is 1.64 bits per heavy atom. The number of ether oxygens (including phenoxy) is 1. The molecule has 3 heteroatoms. The Morgan fingerprint density at radius 3 is 2.23 bits per heavy atom. The van der Waals surface area contributed by atoms with Crippen molar-refractivity contribution in [3.8, 4) is 0 Å². The molecule has 0 aliphatic carbocycles. The zero-order valence-electron chi connectivity index (χ0n) is 13.0. The fourth-order valence-corrected chi connectivity index (χ4v) is 2.98. The van der Waals surface area contributed by atoms with Crippen LogP contribution in [0.3, 0.4) is 0 Å². The van der Waals surface area contributed by atoms with Crippen LogP contribution in [0.2, 0.25) is 0 Å². The van der Waals surface area contributed by atoms with E-state index in [0.717, 1.165) is 17.5 Å². The number of hydrogen-bond donors (Lipinski definition) is 0. The van der Waals surface area contributed by atoms with Crippen LogP contribution in [0, 0.1) is 0 Å². The first-order valence-electron chi connectivity index (χ1n) is 7.70. The van der Waals surface area contributed by atoms with Crippen LogP contribution in [0.5, 0.6) is 0 Å². The molecule has 3 rings (SSSR count). The number of carbonyl (C=O) groups excluding carboxylic acids is 1. The Kier molecular flexibility index (Phi) is 3.88. The Hall–Kier alpha value is -2.29. The van der Waals surface area contributed by atoms with Crippen LogP contribution in [0.4, 0.5) is 4.79 Å². The summed E-state index contributed by atoms with van der Waals surface area (Å²) in [4.78, 5) is 14.3. The Labute approximate surface area is 131 Å². The first kappa shape index (κ1) is 14.6. The number of nitrogens with zero attached hydrogens (tertiary/aromatic N) is 1. The Balaban J connectivity index is 1.77. The number of cyclic esters (lactones) is 1. The molecule has 0 spiro atoms. The van der Waals surface area contributed by atoms with E-state index in [1.807, 2.05) is 74.5 Å². The van der Waals surface area contributed by atoms with Crippen LogP contribution in [0.15, 0.2) is 60.7 Å². The van der Waals surface area contributed by atoms with Gasteiger partial charge in [-0.15, -0.1) is 0 Å². The predicted molar refractivity (Wildman–Crippen MR) is 86.5 cm³/mol. The molecule has 1 heterocycles. The summed E-state index contributed by atoms with van der Waals surface area (Å²) in [7, 11) is 0. The van der Waals surface area contributed by atoms with Gasteiger partial charge in [0.25, 0.3) is 0 Å². The van der Waals surface area contributed by atoms with E-state index in [-0.39, 0.29) is 12.1 Å². The highest BCUT2D eigenvalue weighted by atomic mass is 16.6. The van der Waals surface area contributed by atoms with Crippen molar-refractivity contribution in [3.63, 3.8) is 0 Å². The summed E-state index contributed by atoms with van der Waals surface area (Å²) in [5, 5.41) is 0. The molecule has 0 bridgehead atoms. The van der Waals surface area contributed by atoms with Crippen molar-refractivity contribution in [1.29, 1.82) is 0 Å². The minimum absolute atomic E-state index is 0.0222. The summed E-state index contributed by atoms with van der Waals surface area (Å²) in [5.74, 6) is 0. The molecule has 1 fully saturated rings. The van der Waals surface area contributed by atoms with Gasteiger partial charge in [-0.05, 0) is 25.0 Å². The summed E-state index contributed by atoms with van der Waals surface area (Å²) in [5.41, 5.74) is 1.64. The number of rotatable bonds is 3. The van der Waals surface area contributed by atoms with E-state index in [0.29, 0.717) is 6.54 Å². The molecule has 1 aliphatic heterocycles. The zero-order valence-corrected chi connectivity index (χ0v) is 13.0. The summed E-state index contributed by atoms with van der Waals surface area (Å²) in [6.45, 7) is 4.73. The molecular weight excluding hydrogens is 274 g/mol. The van der Waals surface area contributed by atoms with Gasteiger partial charge < -0.3 is 9.64 Å². The Bertz CT molecular complexity index is 641. The summed E-state index contributed by atoms with van der Waals surface area (Å²) in [6.07, 6.45) is 0.550. The maximum absolute atomic E-state index is 12.5. The molecule has 1 aliphatic rings. The summed E-state index contributed by atoms with van der Waals surface area (Å²) in [6, 6.07) is 20.1. The average molecular weight is 295 g/mol. The number of carbonyl (C=O) groups is 1. The van der Waals surface area contributed by atoms with Crippen LogP contribution in [0.1, 0.15) is 37.4 Å². The smallest absolute Gasteiger partial charge is 0.411 e. The van der Waals surface area contributed by atoms with E-state index in [2.05, 4.69) is 0 Å². The van der Waals surface area contributed by atoms with E-state index >= 15 is 0 Å². The third-order valence-corrected chi connectivity index (χ3v) is 4.51. The second-order valence-corrected chi connectivity index (χ2v) is 5.99. The van der Waals surface area contributed by atoms with Gasteiger partial charge in [0.15, 0.2) is 0 Å². The van der Waals surface area contributed by atoms with Crippen molar-refractivity contribution in [2.75, 3.05) is 6.54 Å². The van der Waals surface area contributed by atoms with Crippen molar-refractivity contribution >= 4 is 6.09 Å². The van der Waals surface area contributed by atoms with Gasteiger partial charge in [-0.25, -0.2) is 4.79 Å². The van der Waals surface area contributed by atoms with Crippen LogP contribution < -0.4 is 0 Å².